The molecule has 0 amide bonds. The van der Waals surface area contributed by atoms with Crippen molar-refractivity contribution >= 4 is 51.2 Å². The van der Waals surface area contributed by atoms with Crippen molar-refractivity contribution in [1.82, 2.24) is 0 Å². The zero-order valence-corrected chi connectivity index (χ0v) is 10.8. The SMILES string of the molecule is N[C@@H](C(=O)O)c1cc(I)ccc1I. The minimum atomic E-state index is -1.00. The number of hydrogen-bond donors (Lipinski definition) is 2. The zero-order chi connectivity index (χ0) is 10.0. The first kappa shape index (κ1) is 11.2. The van der Waals surface area contributed by atoms with Gasteiger partial charge in [0.05, 0.1) is 0 Å². The molecule has 3 N–H and O–H groups in total. The molecule has 0 saturated heterocycles. The van der Waals surface area contributed by atoms with Gasteiger partial charge in [0.2, 0.25) is 0 Å². The standard InChI is InChI=1S/C8H7I2NO2/c9-4-1-2-6(10)5(3-4)7(11)8(12)13/h1-3,7H,11H2,(H,12,13)/t7-/m1/s1. The molecule has 0 aromatic heterocycles. The Morgan fingerprint density at radius 3 is 2.62 bits per heavy atom. The van der Waals surface area contributed by atoms with E-state index in [2.05, 4.69) is 45.2 Å². The van der Waals surface area contributed by atoms with Crippen molar-refractivity contribution in [3.63, 3.8) is 0 Å². The fraction of sp³-hybridized carbons (Fsp3) is 0.125. The second-order valence-corrected chi connectivity index (χ2v) is 4.89. The second kappa shape index (κ2) is 4.56. The largest absolute Gasteiger partial charge is 0.480 e. The molecule has 0 heterocycles. The molecule has 0 aliphatic rings. The van der Waals surface area contributed by atoms with Crippen LogP contribution in [0, 0.1) is 7.14 Å². The van der Waals surface area contributed by atoms with Gasteiger partial charge in [-0.1, -0.05) is 0 Å². The summed E-state index contributed by atoms with van der Waals surface area (Å²) in [4.78, 5) is 10.6. The lowest BCUT2D eigenvalue weighted by Crippen LogP contribution is -2.21. The molecule has 1 aromatic carbocycles. The van der Waals surface area contributed by atoms with E-state index in [-0.39, 0.29) is 0 Å². The lowest BCUT2D eigenvalue weighted by Gasteiger charge is -2.09. The third-order valence-corrected chi connectivity index (χ3v) is 3.21. The van der Waals surface area contributed by atoms with E-state index < -0.39 is 12.0 Å². The summed E-state index contributed by atoms with van der Waals surface area (Å²) in [5, 5.41) is 8.72. The molecule has 1 atom stereocenters. The number of carboxylic acids is 1. The summed E-state index contributed by atoms with van der Waals surface area (Å²) in [6, 6.07) is 4.64. The molecule has 0 unspecified atom stereocenters. The highest BCUT2D eigenvalue weighted by molar-refractivity contribution is 14.1. The average molecular weight is 403 g/mol. The van der Waals surface area contributed by atoms with Crippen molar-refractivity contribution in [1.29, 1.82) is 0 Å². The van der Waals surface area contributed by atoms with Crippen molar-refractivity contribution in [3.05, 3.63) is 30.9 Å². The van der Waals surface area contributed by atoms with Gasteiger partial charge in [-0.05, 0) is 68.9 Å². The molecule has 0 aliphatic carbocycles. The normalized spacial score (nSPS) is 12.5. The Bertz CT molecular complexity index is 341. The van der Waals surface area contributed by atoms with Crippen molar-refractivity contribution < 1.29 is 9.90 Å². The number of carbonyl (C=O) groups is 1. The lowest BCUT2D eigenvalue weighted by molar-refractivity contribution is -0.138. The molecule has 0 fully saturated rings. The molecule has 1 aromatic rings. The van der Waals surface area contributed by atoms with E-state index in [1.54, 1.807) is 6.07 Å². The van der Waals surface area contributed by atoms with Crippen LogP contribution in [-0.4, -0.2) is 11.1 Å². The van der Waals surface area contributed by atoms with E-state index >= 15 is 0 Å². The highest BCUT2D eigenvalue weighted by atomic mass is 127. The summed E-state index contributed by atoms with van der Waals surface area (Å²) >= 11 is 4.21. The lowest BCUT2D eigenvalue weighted by atomic mass is 10.1. The average Bonchev–Trinajstić information content (AvgIpc) is 2.08. The molecule has 5 heteroatoms. The van der Waals surface area contributed by atoms with Gasteiger partial charge in [0.25, 0.3) is 0 Å². The predicted molar refractivity (Wildman–Crippen MR) is 66.4 cm³/mol. The van der Waals surface area contributed by atoms with Gasteiger partial charge in [0.15, 0.2) is 0 Å². The quantitative estimate of drug-likeness (QED) is 0.743. The van der Waals surface area contributed by atoms with Crippen LogP contribution in [0.5, 0.6) is 0 Å². The number of aliphatic carboxylic acids is 1. The highest BCUT2D eigenvalue weighted by Crippen LogP contribution is 2.21. The predicted octanol–water partition coefficient (Wildman–Crippen LogP) is 1.98. The van der Waals surface area contributed by atoms with Crippen LogP contribution >= 0.6 is 45.2 Å². The van der Waals surface area contributed by atoms with Crippen LogP contribution in [0.2, 0.25) is 0 Å². The minimum Gasteiger partial charge on any atom is -0.480 e. The van der Waals surface area contributed by atoms with Gasteiger partial charge in [0.1, 0.15) is 6.04 Å². The summed E-state index contributed by atoms with van der Waals surface area (Å²) in [6.07, 6.45) is 0. The first-order valence-electron chi connectivity index (χ1n) is 3.45. The maximum absolute atomic E-state index is 10.6. The Hall–Kier alpha value is 0.110. The smallest absolute Gasteiger partial charge is 0.325 e. The molecular weight excluding hydrogens is 396 g/mol. The Kier molecular flexibility index (Phi) is 3.92. The number of hydrogen-bond acceptors (Lipinski definition) is 2. The van der Waals surface area contributed by atoms with Crippen LogP contribution < -0.4 is 5.73 Å². The summed E-state index contributed by atoms with van der Waals surface area (Å²) in [6.45, 7) is 0. The topological polar surface area (TPSA) is 63.3 Å². The Balaban J connectivity index is 3.12. The van der Waals surface area contributed by atoms with Crippen LogP contribution in [-0.2, 0) is 4.79 Å². The molecular formula is C8H7I2NO2. The number of nitrogens with two attached hydrogens (primary N) is 1. The third-order valence-electron chi connectivity index (χ3n) is 1.56. The van der Waals surface area contributed by atoms with E-state index in [0.717, 1.165) is 7.14 Å². The molecule has 0 radical (unpaired) electrons. The molecule has 70 valence electrons. The fourth-order valence-corrected chi connectivity index (χ4v) is 2.07. The summed E-state index contributed by atoms with van der Waals surface area (Å²) < 4.78 is 1.87. The van der Waals surface area contributed by atoms with E-state index in [9.17, 15) is 4.79 Å². The van der Waals surface area contributed by atoms with Gasteiger partial charge in [-0.15, -0.1) is 0 Å². The van der Waals surface area contributed by atoms with Gasteiger partial charge in [0, 0.05) is 7.14 Å². The number of carboxylic acid groups (broad SMARTS) is 1. The van der Waals surface area contributed by atoms with Crippen LogP contribution in [0.4, 0.5) is 0 Å². The first-order chi connectivity index (χ1) is 6.02. The Labute approximate surface area is 103 Å². The Morgan fingerprint density at radius 2 is 2.08 bits per heavy atom. The fourth-order valence-electron chi connectivity index (χ4n) is 0.886. The van der Waals surface area contributed by atoms with Gasteiger partial charge >= 0.3 is 5.97 Å². The summed E-state index contributed by atoms with van der Waals surface area (Å²) in [5.74, 6) is -1.00. The van der Waals surface area contributed by atoms with Crippen molar-refractivity contribution in [2.24, 2.45) is 5.73 Å². The van der Waals surface area contributed by atoms with Gasteiger partial charge in [-0.2, -0.15) is 0 Å². The van der Waals surface area contributed by atoms with Crippen LogP contribution in [0.1, 0.15) is 11.6 Å². The minimum absolute atomic E-state index is 0.667. The second-order valence-electron chi connectivity index (χ2n) is 2.48. The molecule has 0 aliphatic heterocycles. The number of halogens is 2. The molecule has 3 nitrogen and oxygen atoms in total. The molecule has 0 saturated carbocycles. The van der Waals surface area contributed by atoms with Gasteiger partial charge in [-0.3, -0.25) is 4.79 Å². The van der Waals surface area contributed by atoms with E-state index in [0.29, 0.717) is 5.56 Å². The Morgan fingerprint density at radius 1 is 1.46 bits per heavy atom. The third kappa shape index (κ3) is 2.78. The zero-order valence-electron chi connectivity index (χ0n) is 6.50. The number of rotatable bonds is 2. The highest BCUT2D eigenvalue weighted by Gasteiger charge is 2.16. The maximum Gasteiger partial charge on any atom is 0.325 e. The number of benzene rings is 1. The van der Waals surface area contributed by atoms with Crippen LogP contribution in [0.25, 0.3) is 0 Å². The summed E-state index contributed by atoms with van der Waals surface area (Å²) in [7, 11) is 0. The van der Waals surface area contributed by atoms with Gasteiger partial charge < -0.3 is 10.8 Å². The molecule has 0 bridgehead atoms. The van der Waals surface area contributed by atoms with Crippen LogP contribution in [0.15, 0.2) is 18.2 Å². The van der Waals surface area contributed by atoms with Crippen molar-refractivity contribution in [2.45, 2.75) is 6.04 Å². The summed E-state index contributed by atoms with van der Waals surface area (Å²) in [5.41, 5.74) is 6.17. The molecule has 13 heavy (non-hydrogen) atoms. The van der Waals surface area contributed by atoms with Gasteiger partial charge in [-0.25, -0.2) is 0 Å². The monoisotopic (exact) mass is 403 g/mol. The van der Waals surface area contributed by atoms with Crippen LogP contribution in [0.3, 0.4) is 0 Å². The molecule has 1 rings (SSSR count). The maximum atomic E-state index is 10.6. The van der Waals surface area contributed by atoms with Crippen molar-refractivity contribution in [2.75, 3.05) is 0 Å². The van der Waals surface area contributed by atoms with Crippen molar-refractivity contribution in [3.8, 4) is 0 Å². The van der Waals surface area contributed by atoms with E-state index in [4.69, 9.17) is 10.8 Å². The van der Waals surface area contributed by atoms with E-state index in [1.807, 2.05) is 12.1 Å². The molecule has 0 spiro atoms. The first-order valence-corrected chi connectivity index (χ1v) is 5.61. The van der Waals surface area contributed by atoms with E-state index in [1.165, 1.54) is 0 Å².